The molecule has 0 aliphatic carbocycles. The van der Waals surface area contributed by atoms with Crippen LogP contribution in [0.25, 0.3) is 0 Å². The maximum atomic E-state index is 11.6. The van der Waals surface area contributed by atoms with Gasteiger partial charge in [-0.15, -0.1) is 0 Å². The molecule has 1 rings (SSSR count). The molecular weight excluding hydrogens is 266 g/mol. The number of aliphatic carboxylic acids is 1. The van der Waals surface area contributed by atoms with Crippen LogP contribution >= 0.6 is 0 Å². The molecule has 1 fully saturated rings. The molecule has 1 aliphatic rings. The van der Waals surface area contributed by atoms with Crippen molar-refractivity contribution in [2.75, 3.05) is 6.54 Å². The van der Waals surface area contributed by atoms with Crippen LogP contribution in [0.2, 0.25) is 0 Å². The second kappa shape index (κ2) is 6.36. The lowest BCUT2D eigenvalue weighted by molar-refractivity contribution is -0.139. The van der Waals surface area contributed by atoms with E-state index >= 15 is 0 Å². The molecule has 1 heterocycles. The number of hydrogen-bond donors (Lipinski definition) is 4. The van der Waals surface area contributed by atoms with Crippen molar-refractivity contribution in [1.29, 1.82) is 0 Å². The third-order valence-electron chi connectivity index (χ3n) is 2.83. The molecule has 0 radical (unpaired) electrons. The molecule has 4 amide bonds. The highest BCUT2D eigenvalue weighted by atomic mass is 16.4. The summed E-state index contributed by atoms with van der Waals surface area (Å²) in [4.78, 5) is 44.7. The van der Waals surface area contributed by atoms with E-state index in [1.807, 2.05) is 0 Å². The number of nitrogens with one attached hydrogen (secondary N) is 3. The van der Waals surface area contributed by atoms with Gasteiger partial charge in [0, 0.05) is 19.4 Å². The van der Waals surface area contributed by atoms with Crippen molar-refractivity contribution < 1.29 is 24.3 Å². The van der Waals surface area contributed by atoms with Crippen LogP contribution in [0, 0.1) is 5.41 Å². The molecule has 4 N–H and O–H groups in total. The molecule has 0 saturated carbocycles. The standard InChI is InChI=1S/C12H19N3O5/c1-12(2,5-10(18)19)4-9(17)15-11(20)14-7-3-8(16)13-6-7/h7H,3-6H2,1-2H3,(H,13,16)(H,18,19)(H2,14,15,17,20). The monoisotopic (exact) mass is 285 g/mol. The van der Waals surface area contributed by atoms with Crippen molar-refractivity contribution >= 4 is 23.8 Å². The van der Waals surface area contributed by atoms with E-state index in [4.69, 9.17) is 5.11 Å². The molecule has 0 spiro atoms. The van der Waals surface area contributed by atoms with Crippen molar-refractivity contribution in [1.82, 2.24) is 16.0 Å². The first-order valence-electron chi connectivity index (χ1n) is 6.27. The first-order chi connectivity index (χ1) is 9.18. The molecule has 20 heavy (non-hydrogen) atoms. The predicted molar refractivity (Wildman–Crippen MR) is 68.7 cm³/mol. The van der Waals surface area contributed by atoms with E-state index in [9.17, 15) is 19.2 Å². The van der Waals surface area contributed by atoms with Gasteiger partial charge in [0.15, 0.2) is 0 Å². The Balaban J connectivity index is 2.36. The Hall–Kier alpha value is -2.12. The van der Waals surface area contributed by atoms with E-state index in [1.165, 1.54) is 0 Å². The van der Waals surface area contributed by atoms with Gasteiger partial charge >= 0.3 is 12.0 Å². The van der Waals surface area contributed by atoms with Crippen LogP contribution in [0.15, 0.2) is 0 Å². The van der Waals surface area contributed by atoms with Crippen molar-refractivity contribution in [2.24, 2.45) is 5.41 Å². The minimum absolute atomic E-state index is 0.0748. The quantitative estimate of drug-likeness (QED) is 0.546. The lowest BCUT2D eigenvalue weighted by Gasteiger charge is -2.21. The first kappa shape index (κ1) is 15.9. The predicted octanol–water partition coefficient (Wildman–Crippen LogP) is -0.408. The van der Waals surface area contributed by atoms with Crippen LogP contribution in [-0.4, -0.2) is 41.5 Å². The van der Waals surface area contributed by atoms with Crippen LogP contribution in [-0.2, 0) is 14.4 Å². The van der Waals surface area contributed by atoms with Crippen LogP contribution in [0.4, 0.5) is 4.79 Å². The summed E-state index contributed by atoms with van der Waals surface area (Å²) < 4.78 is 0. The number of imide groups is 1. The van der Waals surface area contributed by atoms with Crippen molar-refractivity contribution in [3.05, 3.63) is 0 Å². The molecule has 112 valence electrons. The van der Waals surface area contributed by atoms with E-state index in [-0.39, 0.29) is 31.2 Å². The van der Waals surface area contributed by atoms with E-state index in [1.54, 1.807) is 13.8 Å². The lowest BCUT2D eigenvalue weighted by atomic mass is 9.85. The number of carbonyl (C=O) groups is 4. The van der Waals surface area contributed by atoms with Gasteiger partial charge in [-0.25, -0.2) is 4.79 Å². The summed E-state index contributed by atoms with van der Waals surface area (Å²) in [5.41, 5.74) is -0.735. The van der Waals surface area contributed by atoms with Crippen LogP contribution < -0.4 is 16.0 Å². The largest absolute Gasteiger partial charge is 0.481 e. The number of hydrogen-bond acceptors (Lipinski definition) is 4. The molecule has 8 heteroatoms. The average molecular weight is 285 g/mol. The average Bonchev–Trinajstić information content (AvgIpc) is 2.59. The lowest BCUT2D eigenvalue weighted by Crippen LogP contribution is -2.46. The van der Waals surface area contributed by atoms with Crippen molar-refractivity contribution in [3.63, 3.8) is 0 Å². The summed E-state index contributed by atoms with van der Waals surface area (Å²) in [7, 11) is 0. The molecule has 8 nitrogen and oxygen atoms in total. The van der Waals surface area contributed by atoms with E-state index < -0.39 is 23.3 Å². The molecule has 0 aromatic carbocycles. The molecule has 0 aromatic heterocycles. The minimum Gasteiger partial charge on any atom is -0.481 e. The fourth-order valence-corrected chi connectivity index (χ4v) is 2.01. The Morgan fingerprint density at radius 3 is 2.50 bits per heavy atom. The highest BCUT2D eigenvalue weighted by Gasteiger charge is 2.27. The Bertz CT molecular complexity index is 433. The SMILES string of the molecule is CC(C)(CC(=O)O)CC(=O)NC(=O)NC1CNC(=O)C1. The van der Waals surface area contributed by atoms with Gasteiger partial charge in [-0.05, 0) is 5.41 Å². The van der Waals surface area contributed by atoms with Gasteiger partial charge in [0.2, 0.25) is 11.8 Å². The molecule has 1 aliphatic heterocycles. The van der Waals surface area contributed by atoms with Gasteiger partial charge < -0.3 is 15.7 Å². The number of urea groups is 1. The number of amides is 4. The molecule has 1 atom stereocenters. The summed E-state index contributed by atoms with van der Waals surface area (Å²) in [5, 5.41) is 15.9. The van der Waals surface area contributed by atoms with Crippen LogP contribution in [0.3, 0.4) is 0 Å². The number of carbonyl (C=O) groups excluding carboxylic acids is 3. The number of rotatable bonds is 5. The zero-order valence-electron chi connectivity index (χ0n) is 11.5. The van der Waals surface area contributed by atoms with E-state index in [0.29, 0.717) is 6.54 Å². The van der Waals surface area contributed by atoms with Gasteiger partial charge in [-0.3, -0.25) is 19.7 Å². The normalized spacial score (nSPS) is 18.3. The zero-order valence-corrected chi connectivity index (χ0v) is 11.5. The highest BCUT2D eigenvalue weighted by molar-refractivity contribution is 5.95. The van der Waals surface area contributed by atoms with Crippen LogP contribution in [0.5, 0.6) is 0 Å². The highest BCUT2D eigenvalue weighted by Crippen LogP contribution is 2.24. The van der Waals surface area contributed by atoms with Gasteiger partial charge in [-0.2, -0.15) is 0 Å². The molecule has 0 bridgehead atoms. The molecular formula is C12H19N3O5. The number of carboxylic acids is 1. The summed E-state index contributed by atoms with van der Waals surface area (Å²) in [6.07, 6.45) is -0.0518. The Labute approximate surface area is 116 Å². The van der Waals surface area contributed by atoms with E-state index in [0.717, 1.165) is 0 Å². The topological polar surface area (TPSA) is 125 Å². The summed E-state index contributed by atoms with van der Waals surface area (Å²) in [6, 6.07) is -1.01. The third-order valence-corrected chi connectivity index (χ3v) is 2.83. The summed E-state index contributed by atoms with van der Waals surface area (Å²) in [6.45, 7) is 3.61. The van der Waals surface area contributed by atoms with Gasteiger partial charge in [0.05, 0.1) is 12.5 Å². The smallest absolute Gasteiger partial charge is 0.321 e. The van der Waals surface area contributed by atoms with E-state index in [2.05, 4.69) is 16.0 Å². The first-order valence-corrected chi connectivity index (χ1v) is 6.27. The fourth-order valence-electron chi connectivity index (χ4n) is 2.01. The molecule has 1 unspecified atom stereocenters. The van der Waals surface area contributed by atoms with Crippen molar-refractivity contribution in [3.8, 4) is 0 Å². The maximum absolute atomic E-state index is 11.6. The summed E-state index contributed by atoms with van der Waals surface area (Å²) in [5.74, 6) is -1.70. The Morgan fingerprint density at radius 2 is 2.00 bits per heavy atom. The van der Waals surface area contributed by atoms with Gasteiger partial charge in [0.1, 0.15) is 0 Å². The van der Waals surface area contributed by atoms with Crippen molar-refractivity contribution in [2.45, 2.75) is 39.2 Å². The second-order valence-electron chi connectivity index (χ2n) is 5.64. The van der Waals surface area contributed by atoms with Gasteiger partial charge in [0.25, 0.3) is 0 Å². The fraction of sp³-hybridized carbons (Fsp3) is 0.667. The van der Waals surface area contributed by atoms with Crippen LogP contribution in [0.1, 0.15) is 33.1 Å². The number of carboxylic acid groups (broad SMARTS) is 1. The maximum Gasteiger partial charge on any atom is 0.321 e. The Kier molecular flexibility index (Phi) is 5.06. The Morgan fingerprint density at radius 1 is 1.35 bits per heavy atom. The molecule has 0 aromatic rings. The summed E-state index contributed by atoms with van der Waals surface area (Å²) >= 11 is 0. The molecule has 1 saturated heterocycles. The minimum atomic E-state index is -0.997. The van der Waals surface area contributed by atoms with Gasteiger partial charge in [-0.1, -0.05) is 13.8 Å². The second-order valence-corrected chi connectivity index (χ2v) is 5.64. The third kappa shape index (κ3) is 5.68. The zero-order chi connectivity index (χ0) is 15.3.